The van der Waals surface area contributed by atoms with E-state index in [9.17, 15) is 0 Å². The first-order valence-electron chi connectivity index (χ1n) is 4.90. The number of nitrogen functional groups attached to an aromatic ring is 1. The first kappa shape index (κ1) is 8.91. The molecule has 78 valence electrons. The molecule has 2 aromatic heterocycles. The number of pyridine rings is 1. The summed E-state index contributed by atoms with van der Waals surface area (Å²) < 4.78 is 5.16. The molecular formula is C12H9N3O. The van der Waals surface area contributed by atoms with Crippen LogP contribution in [0.3, 0.4) is 0 Å². The van der Waals surface area contributed by atoms with E-state index in [1.807, 2.05) is 30.3 Å². The lowest BCUT2D eigenvalue weighted by atomic mass is 10.1. The first-order valence-corrected chi connectivity index (χ1v) is 4.90. The maximum atomic E-state index is 5.93. The molecule has 1 aromatic carbocycles. The average molecular weight is 211 g/mol. The zero-order valence-corrected chi connectivity index (χ0v) is 8.42. The van der Waals surface area contributed by atoms with Gasteiger partial charge >= 0.3 is 0 Å². The van der Waals surface area contributed by atoms with Gasteiger partial charge in [-0.1, -0.05) is 30.3 Å². The van der Waals surface area contributed by atoms with Gasteiger partial charge in [0.25, 0.3) is 0 Å². The van der Waals surface area contributed by atoms with Gasteiger partial charge in [-0.2, -0.15) is 0 Å². The van der Waals surface area contributed by atoms with Crippen molar-refractivity contribution in [3.8, 4) is 11.3 Å². The zero-order chi connectivity index (χ0) is 11.0. The van der Waals surface area contributed by atoms with Crippen LogP contribution in [-0.4, -0.2) is 9.97 Å². The fourth-order valence-corrected chi connectivity index (χ4v) is 1.64. The Balaban J connectivity index is 2.27. The van der Waals surface area contributed by atoms with E-state index in [0.717, 1.165) is 11.3 Å². The van der Waals surface area contributed by atoms with Crippen molar-refractivity contribution in [1.29, 1.82) is 0 Å². The van der Waals surface area contributed by atoms with Gasteiger partial charge < -0.3 is 10.2 Å². The molecule has 0 saturated heterocycles. The van der Waals surface area contributed by atoms with Crippen molar-refractivity contribution in [3.05, 3.63) is 42.8 Å². The molecule has 16 heavy (non-hydrogen) atoms. The van der Waals surface area contributed by atoms with Crippen LogP contribution in [0.5, 0.6) is 0 Å². The average Bonchev–Trinajstić information content (AvgIpc) is 2.76. The van der Waals surface area contributed by atoms with Crippen LogP contribution in [0.15, 0.2) is 47.2 Å². The summed E-state index contributed by atoms with van der Waals surface area (Å²) >= 11 is 0. The molecule has 0 atom stereocenters. The summed E-state index contributed by atoms with van der Waals surface area (Å²) in [6, 6.07) is 11.5. The third kappa shape index (κ3) is 1.32. The highest BCUT2D eigenvalue weighted by Crippen LogP contribution is 2.26. The predicted octanol–water partition coefficient (Wildman–Crippen LogP) is 2.47. The van der Waals surface area contributed by atoms with Gasteiger partial charge in [0.2, 0.25) is 5.71 Å². The Kier molecular flexibility index (Phi) is 1.86. The first-order chi connectivity index (χ1) is 7.84. The number of hydrogen-bond acceptors (Lipinski definition) is 4. The van der Waals surface area contributed by atoms with Crippen LogP contribution in [0.4, 0.5) is 5.69 Å². The normalized spacial score (nSPS) is 10.8. The zero-order valence-electron chi connectivity index (χ0n) is 8.42. The summed E-state index contributed by atoms with van der Waals surface area (Å²) in [7, 11) is 0. The van der Waals surface area contributed by atoms with Crippen LogP contribution in [0, 0.1) is 0 Å². The SMILES string of the molecule is Nc1cc2ncoc2nc1-c1ccccc1. The lowest BCUT2D eigenvalue weighted by Crippen LogP contribution is -1.93. The molecule has 0 aliphatic carbocycles. The third-order valence-corrected chi connectivity index (χ3v) is 2.40. The van der Waals surface area contributed by atoms with E-state index in [0.29, 0.717) is 16.9 Å². The number of benzene rings is 1. The minimum atomic E-state index is 0.507. The summed E-state index contributed by atoms with van der Waals surface area (Å²) in [5.74, 6) is 0. The standard InChI is InChI=1S/C12H9N3O/c13-9-6-10-12(16-7-14-10)15-11(9)8-4-2-1-3-5-8/h1-7H,13H2. The molecule has 2 N–H and O–H groups in total. The molecule has 0 aliphatic rings. The van der Waals surface area contributed by atoms with E-state index >= 15 is 0 Å². The van der Waals surface area contributed by atoms with Crippen LogP contribution in [0.2, 0.25) is 0 Å². The van der Waals surface area contributed by atoms with Gasteiger partial charge in [0.05, 0.1) is 11.4 Å². The Hall–Kier alpha value is -2.36. The van der Waals surface area contributed by atoms with E-state index in [2.05, 4.69) is 9.97 Å². The molecule has 0 radical (unpaired) electrons. The Morgan fingerprint density at radius 2 is 1.94 bits per heavy atom. The van der Waals surface area contributed by atoms with Crippen LogP contribution in [0.25, 0.3) is 22.5 Å². The van der Waals surface area contributed by atoms with E-state index in [4.69, 9.17) is 10.2 Å². The molecule has 4 nitrogen and oxygen atoms in total. The summed E-state index contributed by atoms with van der Waals surface area (Å²) in [4.78, 5) is 8.36. The monoisotopic (exact) mass is 211 g/mol. The minimum Gasteiger partial charge on any atom is -0.425 e. The van der Waals surface area contributed by atoms with Gasteiger partial charge in [-0.05, 0) is 6.07 Å². The number of hydrogen-bond donors (Lipinski definition) is 1. The Labute approximate surface area is 91.7 Å². The second kappa shape index (κ2) is 3.34. The minimum absolute atomic E-state index is 0.507. The maximum absolute atomic E-state index is 5.93. The van der Waals surface area contributed by atoms with Crippen LogP contribution in [0.1, 0.15) is 0 Å². The van der Waals surface area contributed by atoms with Crippen LogP contribution < -0.4 is 5.73 Å². The molecule has 3 rings (SSSR count). The molecule has 4 heteroatoms. The largest absolute Gasteiger partial charge is 0.425 e. The molecule has 0 unspecified atom stereocenters. The fourth-order valence-electron chi connectivity index (χ4n) is 1.64. The molecule has 0 fully saturated rings. The van der Waals surface area contributed by atoms with Crippen LogP contribution in [-0.2, 0) is 0 Å². The Bertz CT molecular complexity index is 631. The Morgan fingerprint density at radius 3 is 2.75 bits per heavy atom. The van der Waals surface area contributed by atoms with Gasteiger partial charge in [-0.3, -0.25) is 0 Å². The lowest BCUT2D eigenvalue weighted by Gasteiger charge is -2.03. The molecule has 0 saturated carbocycles. The number of nitrogens with zero attached hydrogens (tertiary/aromatic N) is 2. The maximum Gasteiger partial charge on any atom is 0.247 e. The van der Waals surface area contributed by atoms with E-state index < -0.39 is 0 Å². The second-order valence-corrected chi connectivity index (χ2v) is 3.47. The summed E-state index contributed by atoms with van der Waals surface area (Å²) in [5, 5.41) is 0. The molecule has 0 spiro atoms. The molecule has 0 bridgehead atoms. The van der Waals surface area contributed by atoms with Crippen molar-refractivity contribution in [2.45, 2.75) is 0 Å². The summed E-state index contributed by atoms with van der Waals surface area (Å²) in [6.07, 6.45) is 1.37. The fraction of sp³-hybridized carbons (Fsp3) is 0. The van der Waals surface area contributed by atoms with E-state index in [-0.39, 0.29) is 0 Å². The van der Waals surface area contributed by atoms with Crippen molar-refractivity contribution in [1.82, 2.24) is 9.97 Å². The highest BCUT2D eigenvalue weighted by atomic mass is 16.3. The van der Waals surface area contributed by atoms with Gasteiger partial charge in [-0.25, -0.2) is 9.97 Å². The van der Waals surface area contributed by atoms with E-state index in [1.165, 1.54) is 6.39 Å². The quantitative estimate of drug-likeness (QED) is 0.671. The van der Waals surface area contributed by atoms with Gasteiger partial charge in [0.15, 0.2) is 6.39 Å². The van der Waals surface area contributed by atoms with Crippen molar-refractivity contribution < 1.29 is 4.42 Å². The number of aromatic nitrogens is 2. The number of rotatable bonds is 1. The third-order valence-electron chi connectivity index (χ3n) is 2.40. The smallest absolute Gasteiger partial charge is 0.247 e. The topological polar surface area (TPSA) is 64.9 Å². The Morgan fingerprint density at radius 1 is 1.12 bits per heavy atom. The van der Waals surface area contributed by atoms with Gasteiger partial charge in [-0.15, -0.1) is 0 Å². The molecule has 3 aromatic rings. The molecule has 0 amide bonds. The van der Waals surface area contributed by atoms with E-state index in [1.54, 1.807) is 6.07 Å². The lowest BCUT2D eigenvalue weighted by molar-refractivity contribution is 0.591. The van der Waals surface area contributed by atoms with Crippen molar-refractivity contribution in [3.63, 3.8) is 0 Å². The molecule has 0 aliphatic heterocycles. The summed E-state index contributed by atoms with van der Waals surface area (Å²) in [5.41, 5.74) is 9.42. The second-order valence-electron chi connectivity index (χ2n) is 3.47. The van der Waals surface area contributed by atoms with Crippen molar-refractivity contribution in [2.24, 2.45) is 0 Å². The number of anilines is 1. The number of oxazole rings is 1. The molecular weight excluding hydrogens is 202 g/mol. The van der Waals surface area contributed by atoms with Crippen molar-refractivity contribution >= 4 is 16.9 Å². The number of nitrogens with two attached hydrogens (primary N) is 1. The van der Waals surface area contributed by atoms with Gasteiger partial charge in [0, 0.05) is 5.56 Å². The number of fused-ring (bicyclic) bond motifs is 1. The summed E-state index contributed by atoms with van der Waals surface area (Å²) in [6.45, 7) is 0. The molecule has 2 heterocycles. The highest BCUT2D eigenvalue weighted by Gasteiger charge is 2.08. The van der Waals surface area contributed by atoms with Crippen molar-refractivity contribution in [2.75, 3.05) is 5.73 Å². The highest BCUT2D eigenvalue weighted by molar-refractivity contribution is 5.82. The van der Waals surface area contributed by atoms with Crippen LogP contribution >= 0.6 is 0 Å². The predicted molar refractivity (Wildman–Crippen MR) is 61.7 cm³/mol. The van der Waals surface area contributed by atoms with Gasteiger partial charge in [0.1, 0.15) is 5.52 Å².